The van der Waals surface area contributed by atoms with Crippen LogP contribution in [0.1, 0.15) is 41.0 Å². The number of rotatable bonds is 5. The van der Waals surface area contributed by atoms with Gasteiger partial charge in [0.1, 0.15) is 0 Å². The first kappa shape index (κ1) is 13.6. The van der Waals surface area contributed by atoms with Crippen molar-refractivity contribution in [1.29, 1.82) is 0 Å². The van der Waals surface area contributed by atoms with E-state index < -0.39 is 11.7 Å². The lowest BCUT2D eigenvalue weighted by Gasteiger charge is -2.37. The molecular weight excluding hydrogens is 178 g/mol. The molecule has 0 aliphatic heterocycles. The number of hydrogen-bond donors (Lipinski definition) is 2. The molecule has 3 nitrogen and oxygen atoms in total. The molecule has 14 heavy (non-hydrogen) atoms. The monoisotopic (exact) mass is 201 g/mol. The van der Waals surface area contributed by atoms with Gasteiger partial charge in [-0.2, -0.15) is 0 Å². The maximum atomic E-state index is 9.92. The summed E-state index contributed by atoms with van der Waals surface area (Å²) in [6, 6.07) is 0. The largest absolute Gasteiger partial charge is 0.388 e. The van der Waals surface area contributed by atoms with E-state index in [4.69, 9.17) is 10.7 Å². The van der Waals surface area contributed by atoms with Gasteiger partial charge in [0.15, 0.2) is 0 Å². The molecule has 0 spiro atoms. The quantitative estimate of drug-likeness (QED) is 0.528. The third kappa shape index (κ3) is 3.78. The molecular formula is C11H23NO2. The molecule has 3 N–H and O–H groups in total. The number of aliphatic hydroxyl groups is 1. The molecule has 0 saturated carbocycles. The second-order valence-corrected chi connectivity index (χ2v) is 5.29. The minimum Gasteiger partial charge on any atom is -0.388 e. The summed E-state index contributed by atoms with van der Waals surface area (Å²) >= 11 is 0. The first-order valence-electron chi connectivity index (χ1n) is 4.84. The summed E-state index contributed by atoms with van der Waals surface area (Å²) in [7, 11) is 0. The highest BCUT2D eigenvalue weighted by molar-refractivity contribution is 5.04. The van der Waals surface area contributed by atoms with Gasteiger partial charge >= 0.3 is 0 Å². The van der Waals surface area contributed by atoms with Crippen molar-refractivity contribution in [3.8, 4) is 0 Å². The van der Waals surface area contributed by atoms with Crippen molar-refractivity contribution in [2.24, 2.45) is 11.3 Å². The summed E-state index contributed by atoms with van der Waals surface area (Å²) in [6.07, 6.45) is 0.141. The average molecular weight is 201 g/mol. The maximum Gasteiger partial charge on any atom is 0.0844 e. The molecule has 0 aliphatic rings. The standard InChI is InChI=1S/C11H23NO2/c1-8(2)9(13)10(3,4)7-11(5,6)14-12/h9,13H,1,7,12H2,2-6H3. The normalized spacial score (nSPS) is 15.4. The van der Waals surface area contributed by atoms with Gasteiger partial charge in [-0.15, -0.1) is 0 Å². The first-order valence-corrected chi connectivity index (χ1v) is 4.84. The minimum absolute atomic E-state index is 0.283. The Morgan fingerprint density at radius 3 is 2.14 bits per heavy atom. The van der Waals surface area contributed by atoms with Crippen molar-refractivity contribution in [3.05, 3.63) is 12.2 Å². The van der Waals surface area contributed by atoms with Crippen LogP contribution >= 0.6 is 0 Å². The van der Waals surface area contributed by atoms with Gasteiger partial charge in [0.25, 0.3) is 0 Å². The molecule has 0 saturated heterocycles. The summed E-state index contributed by atoms with van der Waals surface area (Å²) in [5, 5.41) is 9.92. The van der Waals surface area contributed by atoms with E-state index in [-0.39, 0.29) is 5.41 Å². The van der Waals surface area contributed by atoms with Crippen molar-refractivity contribution in [2.45, 2.75) is 52.7 Å². The second kappa shape index (κ2) is 4.43. The lowest BCUT2D eigenvalue weighted by molar-refractivity contribution is -0.0677. The van der Waals surface area contributed by atoms with Crippen molar-refractivity contribution in [2.75, 3.05) is 0 Å². The van der Waals surface area contributed by atoms with Gasteiger partial charge in [0.2, 0.25) is 0 Å². The Morgan fingerprint density at radius 1 is 1.43 bits per heavy atom. The summed E-state index contributed by atoms with van der Waals surface area (Å²) in [6.45, 7) is 13.3. The Morgan fingerprint density at radius 2 is 1.86 bits per heavy atom. The zero-order valence-corrected chi connectivity index (χ0v) is 9.92. The van der Waals surface area contributed by atoms with E-state index in [1.54, 1.807) is 0 Å². The second-order valence-electron chi connectivity index (χ2n) is 5.29. The molecule has 0 aromatic rings. The fraction of sp³-hybridized carbons (Fsp3) is 0.818. The summed E-state index contributed by atoms with van der Waals surface area (Å²) < 4.78 is 0. The van der Waals surface area contributed by atoms with Crippen molar-refractivity contribution >= 4 is 0 Å². The lowest BCUT2D eigenvalue weighted by atomic mass is 9.75. The van der Waals surface area contributed by atoms with Crippen molar-refractivity contribution < 1.29 is 9.94 Å². The maximum absolute atomic E-state index is 9.92. The van der Waals surface area contributed by atoms with E-state index in [0.717, 1.165) is 5.57 Å². The molecule has 1 atom stereocenters. The van der Waals surface area contributed by atoms with Crippen LogP contribution in [0.3, 0.4) is 0 Å². The lowest BCUT2D eigenvalue weighted by Crippen LogP contribution is -2.40. The highest BCUT2D eigenvalue weighted by Gasteiger charge is 2.35. The van der Waals surface area contributed by atoms with Crippen molar-refractivity contribution in [3.63, 3.8) is 0 Å². The highest BCUT2D eigenvalue weighted by atomic mass is 16.6. The number of aliphatic hydroxyl groups excluding tert-OH is 1. The predicted octanol–water partition coefficient (Wildman–Crippen LogP) is 2.01. The van der Waals surface area contributed by atoms with E-state index in [1.165, 1.54) is 0 Å². The van der Waals surface area contributed by atoms with Gasteiger partial charge in [-0.1, -0.05) is 26.0 Å². The third-order valence-corrected chi connectivity index (χ3v) is 2.41. The fourth-order valence-corrected chi connectivity index (χ4v) is 1.90. The van der Waals surface area contributed by atoms with Crippen LogP contribution in [0.4, 0.5) is 0 Å². The van der Waals surface area contributed by atoms with Crippen LogP contribution in [-0.2, 0) is 4.84 Å². The molecule has 84 valence electrons. The Hall–Kier alpha value is -0.380. The summed E-state index contributed by atoms with van der Waals surface area (Å²) in [5.41, 5.74) is 0.0528. The van der Waals surface area contributed by atoms with Crippen LogP contribution in [0.25, 0.3) is 0 Å². The fourth-order valence-electron chi connectivity index (χ4n) is 1.90. The van der Waals surface area contributed by atoms with E-state index in [1.807, 2.05) is 34.6 Å². The Kier molecular flexibility index (Phi) is 4.31. The van der Waals surface area contributed by atoms with E-state index in [2.05, 4.69) is 6.58 Å². The van der Waals surface area contributed by atoms with Crippen LogP contribution < -0.4 is 5.90 Å². The molecule has 3 heteroatoms. The van der Waals surface area contributed by atoms with Crippen LogP contribution in [0, 0.1) is 5.41 Å². The average Bonchev–Trinajstić information content (AvgIpc) is 2.01. The summed E-state index contributed by atoms with van der Waals surface area (Å²) in [5.74, 6) is 5.19. The molecule has 0 radical (unpaired) electrons. The highest BCUT2D eigenvalue weighted by Crippen LogP contribution is 2.34. The van der Waals surface area contributed by atoms with Gasteiger partial charge in [-0.25, -0.2) is 5.90 Å². The zero-order valence-electron chi connectivity index (χ0n) is 9.92. The smallest absolute Gasteiger partial charge is 0.0844 e. The van der Waals surface area contributed by atoms with Crippen LogP contribution in [0.15, 0.2) is 12.2 Å². The molecule has 0 aromatic heterocycles. The van der Waals surface area contributed by atoms with Gasteiger partial charge in [-0.3, -0.25) is 4.84 Å². The summed E-state index contributed by atoms with van der Waals surface area (Å²) in [4.78, 5) is 4.86. The topological polar surface area (TPSA) is 55.5 Å². The Bertz CT molecular complexity index is 209. The molecule has 0 bridgehead atoms. The molecule has 0 heterocycles. The third-order valence-electron chi connectivity index (χ3n) is 2.41. The van der Waals surface area contributed by atoms with E-state index in [9.17, 15) is 5.11 Å². The van der Waals surface area contributed by atoms with Crippen LogP contribution in [0.5, 0.6) is 0 Å². The van der Waals surface area contributed by atoms with Crippen LogP contribution in [-0.4, -0.2) is 16.8 Å². The van der Waals surface area contributed by atoms with Gasteiger partial charge in [-0.05, 0) is 32.6 Å². The van der Waals surface area contributed by atoms with E-state index >= 15 is 0 Å². The number of nitrogens with two attached hydrogens (primary N) is 1. The van der Waals surface area contributed by atoms with Crippen LogP contribution in [0.2, 0.25) is 0 Å². The van der Waals surface area contributed by atoms with Gasteiger partial charge in [0, 0.05) is 0 Å². The number of hydrogen-bond acceptors (Lipinski definition) is 3. The predicted molar refractivity (Wildman–Crippen MR) is 58.6 cm³/mol. The molecule has 0 fully saturated rings. The minimum atomic E-state index is -0.531. The van der Waals surface area contributed by atoms with Gasteiger partial charge in [0.05, 0.1) is 11.7 Å². The van der Waals surface area contributed by atoms with Gasteiger partial charge < -0.3 is 5.11 Å². The molecule has 0 rings (SSSR count). The zero-order chi connectivity index (χ0) is 11.6. The Balaban J connectivity index is 4.56. The first-order chi connectivity index (χ1) is 6.12. The van der Waals surface area contributed by atoms with E-state index in [0.29, 0.717) is 6.42 Å². The SMILES string of the molecule is C=C(C)C(O)C(C)(C)CC(C)(C)ON. The molecule has 0 aromatic carbocycles. The molecule has 0 aliphatic carbocycles. The van der Waals surface area contributed by atoms with Crippen molar-refractivity contribution in [1.82, 2.24) is 0 Å². The molecule has 0 amide bonds. The Labute approximate surface area is 86.9 Å². The molecule has 1 unspecified atom stereocenters.